The minimum absolute atomic E-state index is 0.0550. The molecule has 25 heavy (non-hydrogen) atoms. The molecule has 0 bridgehead atoms. The van der Waals surface area contributed by atoms with Gasteiger partial charge in [0.25, 0.3) is 5.91 Å². The molecule has 0 unspecified atom stereocenters. The summed E-state index contributed by atoms with van der Waals surface area (Å²) in [5.74, 6) is -0.172. The molecule has 2 N–H and O–H groups in total. The molecule has 128 valence electrons. The zero-order valence-electron chi connectivity index (χ0n) is 13.6. The molecule has 6 nitrogen and oxygen atoms in total. The highest BCUT2D eigenvalue weighted by Gasteiger charge is 2.13. The third kappa shape index (κ3) is 4.07. The van der Waals surface area contributed by atoms with Gasteiger partial charge in [-0.25, -0.2) is 14.4 Å². The van der Waals surface area contributed by atoms with Gasteiger partial charge in [-0.05, 0) is 36.4 Å². The van der Waals surface area contributed by atoms with E-state index in [1.54, 1.807) is 25.3 Å². The lowest BCUT2D eigenvalue weighted by atomic mass is 10.2. The van der Waals surface area contributed by atoms with Gasteiger partial charge in [0.15, 0.2) is 0 Å². The van der Waals surface area contributed by atoms with Crippen LogP contribution in [0.25, 0.3) is 10.9 Å². The number of halogens is 1. The van der Waals surface area contributed by atoms with Crippen LogP contribution in [0.5, 0.6) is 0 Å². The van der Waals surface area contributed by atoms with Crippen LogP contribution >= 0.6 is 0 Å². The lowest BCUT2D eigenvalue weighted by Gasteiger charge is -2.11. The molecule has 0 fully saturated rings. The Balaban J connectivity index is 1.94. The quantitative estimate of drug-likeness (QED) is 0.675. The number of carbonyl (C=O) groups excluding carboxylic acids is 1. The van der Waals surface area contributed by atoms with E-state index >= 15 is 0 Å². The second kappa shape index (κ2) is 7.67. The fraction of sp³-hybridized carbons (Fsp3) is 0.167. The summed E-state index contributed by atoms with van der Waals surface area (Å²) in [6, 6.07) is 13.3. The lowest BCUT2D eigenvalue weighted by Crippen LogP contribution is -2.28. The van der Waals surface area contributed by atoms with Gasteiger partial charge in [0, 0.05) is 24.7 Å². The van der Waals surface area contributed by atoms with Gasteiger partial charge >= 0.3 is 0 Å². The number of methoxy groups -OCH3 is 1. The maximum absolute atomic E-state index is 13.1. The van der Waals surface area contributed by atoms with E-state index in [1.807, 2.05) is 18.2 Å². The molecule has 0 radical (unpaired) electrons. The van der Waals surface area contributed by atoms with Crippen molar-refractivity contribution in [1.29, 1.82) is 0 Å². The summed E-state index contributed by atoms with van der Waals surface area (Å²) in [6.45, 7) is 0.770. The van der Waals surface area contributed by atoms with Crippen molar-refractivity contribution in [3.8, 4) is 0 Å². The minimum atomic E-state index is -0.384. The van der Waals surface area contributed by atoms with Crippen LogP contribution in [0.2, 0.25) is 0 Å². The monoisotopic (exact) mass is 340 g/mol. The van der Waals surface area contributed by atoms with E-state index in [4.69, 9.17) is 4.74 Å². The van der Waals surface area contributed by atoms with E-state index in [1.165, 1.54) is 12.1 Å². The molecular weight excluding hydrogens is 323 g/mol. The van der Waals surface area contributed by atoms with Crippen LogP contribution in [0.1, 0.15) is 10.6 Å². The minimum Gasteiger partial charge on any atom is -0.383 e. The first-order valence-electron chi connectivity index (χ1n) is 7.74. The van der Waals surface area contributed by atoms with E-state index < -0.39 is 0 Å². The van der Waals surface area contributed by atoms with Crippen LogP contribution in [0.15, 0.2) is 48.5 Å². The third-order valence-electron chi connectivity index (χ3n) is 3.51. The van der Waals surface area contributed by atoms with Gasteiger partial charge in [0.2, 0.25) is 5.82 Å². The Morgan fingerprint density at radius 3 is 2.64 bits per heavy atom. The molecule has 0 saturated carbocycles. The van der Waals surface area contributed by atoms with Crippen LogP contribution in [0.4, 0.5) is 15.9 Å². The number of hydrogen-bond donors (Lipinski definition) is 2. The smallest absolute Gasteiger partial charge is 0.289 e. The van der Waals surface area contributed by atoms with Gasteiger partial charge in [0.1, 0.15) is 11.6 Å². The highest BCUT2D eigenvalue weighted by atomic mass is 19.1. The molecule has 0 aliphatic carbocycles. The molecule has 3 aromatic rings. The number of amides is 1. The number of benzene rings is 2. The Morgan fingerprint density at radius 2 is 1.88 bits per heavy atom. The number of aromatic nitrogens is 2. The Labute approximate surface area is 144 Å². The molecule has 0 saturated heterocycles. The van der Waals surface area contributed by atoms with Gasteiger partial charge in [-0.1, -0.05) is 12.1 Å². The first-order chi connectivity index (χ1) is 12.2. The molecule has 3 rings (SSSR count). The maximum Gasteiger partial charge on any atom is 0.289 e. The summed E-state index contributed by atoms with van der Waals surface area (Å²) in [7, 11) is 1.56. The predicted molar refractivity (Wildman–Crippen MR) is 93.4 cm³/mol. The number of anilines is 2. The Bertz CT molecular complexity index is 884. The van der Waals surface area contributed by atoms with Crippen molar-refractivity contribution < 1.29 is 13.9 Å². The first kappa shape index (κ1) is 16.8. The largest absolute Gasteiger partial charge is 0.383 e. The van der Waals surface area contributed by atoms with E-state index in [9.17, 15) is 9.18 Å². The van der Waals surface area contributed by atoms with E-state index in [0.29, 0.717) is 30.2 Å². The summed E-state index contributed by atoms with van der Waals surface area (Å²) in [5, 5.41) is 6.58. The van der Waals surface area contributed by atoms with Gasteiger partial charge in [-0.15, -0.1) is 0 Å². The average molecular weight is 340 g/mol. The van der Waals surface area contributed by atoms with E-state index in [-0.39, 0.29) is 17.5 Å². The van der Waals surface area contributed by atoms with Crippen molar-refractivity contribution in [3.05, 3.63) is 60.2 Å². The standard InChI is InChI=1S/C18H17FN4O2/c1-25-11-10-20-18(24)17-22-15-5-3-2-4-14(15)16(23-17)21-13-8-6-12(19)7-9-13/h2-9H,10-11H2,1H3,(H,20,24)(H,21,22,23). The zero-order valence-corrected chi connectivity index (χ0v) is 13.6. The highest BCUT2D eigenvalue weighted by Crippen LogP contribution is 2.24. The summed E-state index contributed by atoms with van der Waals surface area (Å²) in [4.78, 5) is 20.9. The maximum atomic E-state index is 13.1. The van der Waals surface area contributed by atoms with Gasteiger partial charge in [0.05, 0.1) is 12.1 Å². The number of ether oxygens (including phenoxy) is 1. The SMILES string of the molecule is COCCNC(=O)c1nc(Nc2ccc(F)cc2)c2ccccc2n1. The molecule has 0 atom stereocenters. The van der Waals surface area contributed by atoms with Crippen molar-refractivity contribution in [2.24, 2.45) is 0 Å². The molecule has 7 heteroatoms. The molecule has 1 heterocycles. The molecule has 0 spiro atoms. The Hall–Kier alpha value is -3.06. The van der Waals surface area contributed by atoms with E-state index in [0.717, 1.165) is 5.39 Å². The molecule has 2 aromatic carbocycles. The Morgan fingerprint density at radius 1 is 1.12 bits per heavy atom. The second-order valence-corrected chi connectivity index (χ2v) is 5.29. The van der Waals surface area contributed by atoms with Crippen LogP contribution in [0, 0.1) is 5.82 Å². The van der Waals surface area contributed by atoms with Crippen LogP contribution in [-0.2, 0) is 4.74 Å². The topological polar surface area (TPSA) is 76.1 Å². The van der Waals surface area contributed by atoms with Crippen molar-refractivity contribution in [2.45, 2.75) is 0 Å². The van der Waals surface area contributed by atoms with Gasteiger partial charge < -0.3 is 15.4 Å². The van der Waals surface area contributed by atoms with Crippen molar-refractivity contribution >= 4 is 28.3 Å². The van der Waals surface area contributed by atoms with Gasteiger partial charge in [-0.2, -0.15) is 0 Å². The molecule has 0 aliphatic rings. The zero-order chi connectivity index (χ0) is 17.6. The first-order valence-corrected chi connectivity index (χ1v) is 7.74. The molecular formula is C18H17FN4O2. The number of para-hydroxylation sites is 1. The van der Waals surface area contributed by atoms with E-state index in [2.05, 4.69) is 20.6 Å². The summed E-state index contributed by atoms with van der Waals surface area (Å²) >= 11 is 0. The summed E-state index contributed by atoms with van der Waals surface area (Å²) in [5.41, 5.74) is 1.30. The fourth-order valence-corrected chi connectivity index (χ4v) is 2.29. The predicted octanol–water partition coefficient (Wildman–Crippen LogP) is 2.89. The third-order valence-corrected chi connectivity index (χ3v) is 3.51. The molecule has 1 amide bonds. The summed E-state index contributed by atoms with van der Waals surface area (Å²) in [6.07, 6.45) is 0. The lowest BCUT2D eigenvalue weighted by molar-refractivity contribution is 0.0927. The average Bonchev–Trinajstić information content (AvgIpc) is 2.63. The number of rotatable bonds is 6. The van der Waals surface area contributed by atoms with Gasteiger partial charge in [-0.3, -0.25) is 4.79 Å². The second-order valence-electron chi connectivity index (χ2n) is 5.29. The van der Waals surface area contributed by atoms with Crippen molar-refractivity contribution in [1.82, 2.24) is 15.3 Å². The molecule has 0 aliphatic heterocycles. The number of fused-ring (bicyclic) bond motifs is 1. The number of nitrogens with zero attached hydrogens (tertiary/aromatic N) is 2. The van der Waals surface area contributed by atoms with Crippen LogP contribution < -0.4 is 10.6 Å². The fourth-order valence-electron chi connectivity index (χ4n) is 2.29. The normalized spacial score (nSPS) is 10.6. The van der Waals surface area contributed by atoms with Crippen LogP contribution in [-0.4, -0.2) is 36.1 Å². The Kier molecular flexibility index (Phi) is 5.15. The molecule has 1 aromatic heterocycles. The van der Waals surface area contributed by atoms with Crippen molar-refractivity contribution in [3.63, 3.8) is 0 Å². The number of nitrogens with one attached hydrogen (secondary N) is 2. The number of hydrogen-bond acceptors (Lipinski definition) is 5. The number of carbonyl (C=O) groups is 1. The van der Waals surface area contributed by atoms with Crippen molar-refractivity contribution in [2.75, 3.05) is 25.6 Å². The van der Waals surface area contributed by atoms with Crippen LogP contribution in [0.3, 0.4) is 0 Å². The highest BCUT2D eigenvalue weighted by molar-refractivity contribution is 5.97. The summed E-state index contributed by atoms with van der Waals surface area (Å²) < 4.78 is 18.0.